The molecule has 1 N–H and O–H groups in total. The van der Waals surface area contributed by atoms with Crippen LogP contribution < -0.4 is 15.0 Å². The van der Waals surface area contributed by atoms with E-state index in [-0.39, 0.29) is 5.91 Å². The van der Waals surface area contributed by atoms with Crippen LogP contribution in [-0.2, 0) is 9.53 Å². The number of carbonyl (C=O) groups excluding carboxylic acids is 2. The maximum Gasteiger partial charge on any atom is 0.411 e. The van der Waals surface area contributed by atoms with E-state index in [0.29, 0.717) is 36.9 Å². The van der Waals surface area contributed by atoms with Crippen LogP contribution in [0, 0.1) is 5.41 Å². The second-order valence-corrected chi connectivity index (χ2v) is 6.16. The summed E-state index contributed by atoms with van der Waals surface area (Å²) in [5.41, 5.74) is 0.652. The predicted molar refractivity (Wildman–Crippen MR) is 89.0 cm³/mol. The zero-order valence-corrected chi connectivity index (χ0v) is 14.1. The molecule has 23 heavy (non-hydrogen) atoms. The van der Waals surface area contributed by atoms with E-state index in [9.17, 15) is 9.59 Å². The third-order valence-electron chi connectivity index (χ3n) is 3.63. The van der Waals surface area contributed by atoms with Crippen LogP contribution in [0.1, 0.15) is 34.1 Å². The SMILES string of the molecule is CCCN1C(=O)C(C)(C)COc2ccc(NC(=O)OCC)cc21. The van der Waals surface area contributed by atoms with Crippen LogP contribution in [0.3, 0.4) is 0 Å². The molecule has 0 unspecified atom stereocenters. The van der Waals surface area contributed by atoms with Crippen molar-refractivity contribution < 1.29 is 19.1 Å². The highest BCUT2D eigenvalue weighted by Gasteiger charge is 2.37. The number of carbonyl (C=O) groups is 2. The highest BCUT2D eigenvalue weighted by Crippen LogP contribution is 2.38. The number of nitrogens with zero attached hydrogens (tertiary/aromatic N) is 1. The lowest BCUT2D eigenvalue weighted by atomic mass is 9.93. The average molecular weight is 320 g/mol. The van der Waals surface area contributed by atoms with Gasteiger partial charge in [-0.2, -0.15) is 0 Å². The van der Waals surface area contributed by atoms with Gasteiger partial charge in [-0.3, -0.25) is 10.1 Å². The fraction of sp³-hybridized carbons (Fsp3) is 0.529. The summed E-state index contributed by atoms with van der Waals surface area (Å²) in [6.45, 7) is 8.74. The van der Waals surface area contributed by atoms with Crippen molar-refractivity contribution in [3.63, 3.8) is 0 Å². The summed E-state index contributed by atoms with van der Waals surface area (Å²) in [6.07, 6.45) is 0.312. The Labute approximate surface area is 136 Å². The second-order valence-electron chi connectivity index (χ2n) is 6.16. The molecule has 0 bridgehead atoms. The van der Waals surface area contributed by atoms with Gasteiger partial charge < -0.3 is 14.4 Å². The fourth-order valence-electron chi connectivity index (χ4n) is 2.45. The molecule has 0 aliphatic carbocycles. The van der Waals surface area contributed by atoms with Crippen molar-refractivity contribution >= 4 is 23.4 Å². The average Bonchev–Trinajstić information content (AvgIpc) is 2.58. The van der Waals surface area contributed by atoms with E-state index >= 15 is 0 Å². The molecular weight excluding hydrogens is 296 g/mol. The van der Waals surface area contributed by atoms with E-state index < -0.39 is 11.5 Å². The Morgan fingerprint density at radius 2 is 2.13 bits per heavy atom. The number of rotatable bonds is 4. The van der Waals surface area contributed by atoms with Gasteiger partial charge in [0.15, 0.2) is 0 Å². The van der Waals surface area contributed by atoms with Crippen molar-refractivity contribution in [2.24, 2.45) is 5.41 Å². The number of ether oxygens (including phenoxy) is 2. The third-order valence-corrected chi connectivity index (χ3v) is 3.63. The maximum atomic E-state index is 12.8. The van der Waals surface area contributed by atoms with Gasteiger partial charge in [-0.1, -0.05) is 6.92 Å². The number of nitrogens with one attached hydrogen (secondary N) is 1. The molecule has 1 aliphatic rings. The first kappa shape index (κ1) is 17.1. The molecule has 2 amide bonds. The minimum atomic E-state index is -0.594. The third kappa shape index (κ3) is 3.75. The predicted octanol–water partition coefficient (Wildman–Crippen LogP) is 3.42. The van der Waals surface area contributed by atoms with Crippen LogP contribution in [0.25, 0.3) is 0 Å². The number of benzene rings is 1. The van der Waals surface area contributed by atoms with Crippen molar-refractivity contribution in [2.75, 3.05) is 30.0 Å². The van der Waals surface area contributed by atoms with Gasteiger partial charge in [-0.15, -0.1) is 0 Å². The van der Waals surface area contributed by atoms with Crippen LogP contribution in [0.15, 0.2) is 18.2 Å². The standard InChI is InChI=1S/C17H24N2O4/c1-5-9-19-13-10-12(18-16(21)22-6-2)7-8-14(13)23-11-17(3,4)15(19)20/h7-8,10H,5-6,9,11H2,1-4H3,(H,18,21). The van der Waals surface area contributed by atoms with Crippen LogP contribution in [0.5, 0.6) is 5.75 Å². The molecule has 0 aromatic heterocycles. The van der Waals surface area contributed by atoms with Crippen LogP contribution in [0.4, 0.5) is 16.2 Å². The van der Waals surface area contributed by atoms with Gasteiger partial charge in [0, 0.05) is 12.2 Å². The van der Waals surface area contributed by atoms with E-state index in [2.05, 4.69) is 5.32 Å². The highest BCUT2D eigenvalue weighted by molar-refractivity contribution is 6.00. The number of anilines is 2. The molecule has 6 nitrogen and oxygen atoms in total. The molecule has 0 radical (unpaired) electrons. The summed E-state index contributed by atoms with van der Waals surface area (Å²) < 4.78 is 10.7. The van der Waals surface area contributed by atoms with Crippen LogP contribution in [0.2, 0.25) is 0 Å². The fourth-order valence-corrected chi connectivity index (χ4v) is 2.45. The summed E-state index contributed by atoms with van der Waals surface area (Å²) >= 11 is 0. The van der Waals surface area contributed by atoms with Gasteiger partial charge in [0.1, 0.15) is 12.4 Å². The first-order valence-corrected chi connectivity index (χ1v) is 7.91. The Hall–Kier alpha value is -2.24. The first-order valence-electron chi connectivity index (χ1n) is 7.91. The first-order chi connectivity index (χ1) is 10.9. The van der Waals surface area contributed by atoms with Gasteiger partial charge in [0.05, 0.1) is 17.7 Å². The quantitative estimate of drug-likeness (QED) is 0.923. The summed E-state index contributed by atoms with van der Waals surface area (Å²) in [5, 5.41) is 2.66. The summed E-state index contributed by atoms with van der Waals surface area (Å²) in [6, 6.07) is 5.26. The van der Waals surface area contributed by atoms with Gasteiger partial charge in [0.25, 0.3) is 0 Å². The zero-order chi connectivity index (χ0) is 17.0. The lowest BCUT2D eigenvalue weighted by Crippen LogP contribution is -2.42. The molecule has 1 aromatic rings. The summed E-state index contributed by atoms with van der Waals surface area (Å²) in [7, 11) is 0. The second kappa shape index (κ2) is 6.89. The molecule has 0 atom stereocenters. The molecule has 0 fully saturated rings. The van der Waals surface area contributed by atoms with E-state index in [0.717, 1.165) is 6.42 Å². The largest absolute Gasteiger partial charge is 0.490 e. The van der Waals surface area contributed by atoms with Crippen molar-refractivity contribution in [3.8, 4) is 5.75 Å². The Kier molecular flexibility index (Phi) is 5.13. The monoisotopic (exact) mass is 320 g/mol. The van der Waals surface area contributed by atoms with Gasteiger partial charge in [0.2, 0.25) is 5.91 Å². The summed E-state index contributed by atoms with van der Waals surface area (Å²) in [5.74, 6) is 0.665. The zero-order valence-electron chi connectivity index (χ0n) is 14.1. The number of hydrogen-bond donors (Lipinski definition) is 1. The van der Waals surface area contributed by atoms with Crippen molar-refractivity contribution in [2.45, 2.75) is 34.1 Å². The highest BCUT2D eigenvalue weighted by atomic mass is 16.5. The maximum absolute atomic E-state index is 12.8. The van der Waals surface area contributed by atoms with E-state index in [1.54, 1.807) is 30.0 Å². The van der Waals surface area contributed by atoms with Crippen molar-refractivity contribution in [1.29, 1.82) is 0 Å². The number of hydrogen-bond acceptors (Lipinski definition) is 4. The lowest BCUT2D eigenvalue weighted by Gasteiger charge is -2.27. The van der Waals surface area contributed by atoms with E-state index in [4.69, 9.17) is 9.47 Å². The van der Waals surface area contributed by atoms with Crippen molar-refractivity contribution in [3.05, 3.63) is 18.2 Å². The smallest absolute Gasteiger partial charge is 0.411 e. The molecule has 1 aliphatic heterocycles. The molecule has 0 spiro atoms. The minimum Gasteiger partial charge on any atom is -0.490 e. The van der Waals surface area contributed by atoms with Crippen LogP contribution >= 0.6 is 0 Å². The van der Waals surface area contributed by atoms with Gasteiger partial charge in [-0.05, 0) is 45.4 Å². The Morgan fingerprint density at radius 3 is 2.78 bits per heavy atom. The molecule has 6 heteroatoms. The normalized spacial score (nSPS) is 16.2. The Morgan fingerprint density at radius 1 is 1.39 bits per heavy atom. The Bertz CT molecular complexity index is 598. The summed E-state index contributed by atoms with van der Waals surface area (Å²) in [4.78, 5) is 26.1. The molecule has 1 heterocycles. The number of fused-ring (bicyclic) bond motifs is 1. The lowest BCUT2D eigenvalue weighted by molar-refractivity contribution is -0.127. The molecule has 0 saturated heterocycles. The van der Waals surface area contributed by atoms with Crippen molar-refractivity contribution in [1.82, 2.24) is 0 Å². The van der Waals surface area contributed by atoms with Gasteiger partial charge >= 0.3 is 6.09 Å². The molecule has 1 aromatic carbocycles. The van der Waals surface area contributed by atoms with Crippen LogP contribution in [-0.4, -0.2) is 31.8 Å². The molecule has 126 valence electrons. The molecule has 2 rings (SSSR count). The molecule has 0 saturated carbocycles. The van der Waals surface area contributed by atoms with Gasteiger partial charge in [-0.25, -0.2) is 4.79 Å². The van der Waals surface area contributed by atoms with E-state index in [1.807, 2.05) is 20.8 Å². The minimum absolute atomic E-state index is 0.0198. The number of amides is 2. The topological polar surface area (TPSA) is 67.9 Å². The van der Waals surface area contributed by atoms with E-state index in [1.165, 1.54) is 0 Å². The Balaban J connectivity index is 2.36. The molecular formula is C17H24N2O4.